The number of amides is 1. The van der Waals surface area contributed by atoms with E-state index in [-0.39, 0.29) is 23.7 Å². The first kappa shape index (κ1) is 18.5. The molecular formula is C20H20FN5OS. The topological polar surface area (TPSA) is 85.0 Å². The summed E-state index contributed by atoms with van der Waals surface area (Å²) in [4.78, 5) is 28.5. The molecule has 0 bridgehead atoms. The first-order valence-electron chi connectivity index (χ1n) is 9.14. The number of benzene rings is 1. The maximum absolute atomic E-state index is 13.8. The Morgan fingerprint density at radius 3 is 2.93 bits per heavy atom. The number of carbonyl (C=O) groups is 1. The Morgan fingerprint density at radius 1 is 1.32 bits per heavy atom. The summed E-state index contributed by atoms with van der Waals surface area (Å²) in [6.07, 6.45) is 4.28. The summed E-state index contributed by atoms with van der Waals surface area (Å²) in [5.41, 5.74) is 10.3. The predicted octanol–water partition coefficient (Wildman–Crippen LogP) is 4.00. The Balaban J connectivity index is 1.79. The van der Waals surface area contributed by atoms with Gasteiger partial charge in [0.1, 0.15) is 10.7 Å². The number of carbonyl (C=O) groups excluding carboxylic acids is 1. The van der Waals surface area contributed by atoms with E-state index in [0.29, 0.717) is 28.2 Å². The highest BCUT2D eigenvalue weighted by molar-refractivity contribution is 7.11. The van der Waals surface area contributed by atoms with Gasteiger partial charge in [0.05, 0.1) is 22.9 Å². The predicted molar refractivity (Wildman–Crippen MR) is 106 cm³/mol. The van der Waals surface area contributed by atoms with Gasteiger partial charge in [-0.2, -0.15) is 0 Å². The smallest absolute Gasteiger partial charge is 0.266 e. The van der Waals surface area contributed by atoms with Crippen molar-refractivity contribution >= 4 is 23.2 Å². The van der Waals surface area contributed by atoms with E-state index in [9.17, 15) is 9.18 Å². The molecule has 1 saturated heterocycles. The third kappa shape index (κ3) is 3.47. The van der Waals surface area contributed by atoms with E-state index >= 15 is 0 Å². The number of likely N-dealkylation sites (tertiary alicyclic amines) is 1. The standard InChI is InChI=1S/C20H20FN5OS/c1-12-18(28-11-24-12)19(27)26-8-3-2-7-16(26)17-15(10-23-20(22)25-17)13-5-4-6-14(21)9-13/h4-6,9-11,16H,2-3,7-8H2,1H3,(H2,22,23,25). The monoisotopic (exact) mass is 397 g/mol. The first-order valence-corrected chi connectivity index (χ1v) is 10.0. The SMILES string of the molecule is Cc1ncsc1C(=O)N1CCCCC1c1nc(N)ncc1-c1cccc(F)c1. The molecule has 4 rings (SSSR count). The van der Waals surface area contributed by atoms with Gasteiger partial charge in [0, 0.05) is 18.3 Å². The van der Waals surface area contributed by atoms with Gasteiger partial charge in [0.25, 0.3) is 5.91 Å². The summed E-state index contributed by atoms with van der Waals surface area (Å²) in [5, 5.41) is 0. The molecule has 1 aliphatic heterocycles. The molecule has 3 aromatic rings. The lowest BCUT2D eigenvalue weighted by atomic mass is 9.93. The molecule has 8 heteroatoms. The van der Waals surface area contributed by atoms with Crippen molar-refractivity contribution in [1.82, 2.24) is 19.9 Å². The largest absolute Gasteiger partial charge is 0.368 e. The van der Waals surface area contributed by atoms with E-state index < -0.39 is 0 Å². The average molecular weight is 397 g/mol. The van der Waals surface area contributed by atoms with Gasteiger partial charge in [-0.3, -0.25) is 4.79 Å². The van der Waals surface area contributed by atoms with Gasteiger partial charge < -0.3 is 10.6 Å². The van der Waals surface area contributed by atoms with Gasteiger partial charge in [-0.05, 0) is 43.9 Å². The van der Waals surface area contributed by atoms with Crippen LogP contribution in [0, 0.1) is 12.7 Å². The average Bonchev–Trinajstić information content (AvgIpc) is 3.13. The Bertz CT molecular complexity index is 1020. The normalized spacial score (nSPS) is 16.9. The zero-order valence-corrected chi connectivity index (χ0v) is 16.2. The Labute approximate surface area is 166 Å². The zero-order valence-electron chi connectivity index (χ0n) is 15.4. The fraction of sp³-hybridized carbons (Fsp3) is 0.300. The van der Waals surface area contributed by atoms with Gasteiger partial charge in [0.15, 0.2) is 0 Å². The summed E-state index contributed by atoms with van der Waals surface area (Å²) in [6, 6.07) is 6.05. The molecule has 0 saturated carbocycles. The van der Waals surface area contributed by atoms with Crippen LogP contribution in [0.5, 0.6) is 0 Å². The quantitative estimate of drug-likeness (QED) is 0.722. The van der Waals surface area contributed by atoms with Crippen molar-refractivity contribution in [2.24, 2.45) is 0 Å². The lowest BCUT2D eigenvalue weighted by molar-refractivity contribution is 0.0611. The Kier molecular flexibility index (Phi) is 5.04. The van der Waals surface area contributed by atoms with Gasteiger partial charge in [-0.1, -0.05) is 12.1 Å². The molecule has 2 N–H and O–H groups in total. The summed E-state index contributed by atoms with van der Waals surface area (Å²) < 4.78 is 13.8. The summed E-state index contributed by atoms with van der Waals surface area (Å²) >= 11 is 1.34. The van der Waals surface area contributed by atoms with Crippen LogP contribution < -0.4 is 5.73 Å². The number of hydrogen-bond acceptors (Lipinski definition) is 6. The van der Waals surface area contributed by atoms with Crippen LogP contribution in [0.4, 0.5) is 10.3 Å². The van der Waals surface area contributed by atoms with Crippen LogP contribution >= 0.6 is 11.3 Å². The third-order valence-electron chi connectivity index (χ3n) is 4.99. The molecule has 1 fully saturated rings. The number of aromatic nitrogens is 3. The van der Waals surface area contributed by atoms with Crippen molar-refractivity contribution in [2.45, 2.75) is 32.2 Å². The number of aryl methyl sites for hydroxylation is 1. The minimum atomic E-state index is -0.336. The fourth-order valence-electron chi connectivity index (χ4n) is 3.64. The molecular weight excluding hydrogens is 377 g/mol. The number of thiazole rings is 1. The number of hydrogen-bond donors (Lipinski definition) is 1. The summed E-state index contributed by atoms with van der Waals surface area (Å²) in [6.45, 7) is 2.47. The molecule has 0 aliphatic carbocycles. The Hall–Kier alpha value is -2.87. The van der Waals surface area contributed by atoms with Crippen molar-refractivity contribution in [2.75, 3.05) is 12.3 Å². The van der Waals surface area contributed by atoms with Gasteiger partial charge in [0.2, 0.25) is 5.95 Å². The van der Waals surface area contributed by atoms with Crippen LogP contribution in [0.2, 0.25) is 0 Å². The van der Waals surface area contributed by atoms with Crippen LogP contribution in [0.25, 0.3) is 11.1 Å². The maximum Gasteiger partial charge on any atom is 0.266 e. The van der Waals surface area contributed by atoms with E-state index in [1.165, 1.54) is 23.5 Å². The van der Waals surface area contributed by atoms with Crippen LogP contribution in [-0.4, -0.2) is 32.3 Å². The molecule has 0 spiro atoms. The van der Waals surface area contributed by atoms with Gasteiger partial charge in [-0.15, -0.1) is 11.3 Å². The molecule has 1 aromatic carbocycles. The number of rotatable bonds is 3. The highest BCUT2D eigenvalue weighted by Gasteiger charge is 2.33. The van der Waals surface area contributed by atoms with E-state index in [0.717, 1.165) is 25.0 Å². The molecule has 1 amide bonds. The van der Waals surface area contributed by atoms with Crippen molar-refractivity contribution in [3.8, 4) is 11.1 Å². The van der Waals surface area contributed by atoms with Crippen LogP contribution in [0.15, 0.2) is 36.0 Å². The molecule has 2 aromatic heterocycles. The number of piperidine rings is 1. The molecule has 1 aliphatic rings. The molecule has 3 heterocycles. The third-order valence-corrected chi connectivity index (χ3v) is 5.91. The fourth-order valence-corrected chi connectivity index (χ4v) is 4.40. The van der Waals surface area contributed by atoms with E-state index in [4.69, 9.17) is 5.73 Å². The van der Waals surface area contributed by atoms with Crippen LogP contribution in [-0.2, 0) is 0 Å². The van der Waals surface area contributed by atoms with E-state index in [2.05, 4.69) is 15.0 Å². The number of nitrogen functional groups attached to an aromatic ring is 1. The van der Waals surface area contributed by atoms with Gasteiger partial charge >= 0.3 is 0 Å². The van der Waals surface area contributed by atoms with Crippen LogP contribution in [0.3, 0.4) is 0 Å². The molecule has 1 atom stereocenters. The summed E-state index contributed by atoms with van der Waals surface area (Å²) in [7, 11) is 0. The number of anilines is 1. The molecule has 6 nitrogen and oxygen atoms in total. The minimum absolute atomic E-state index is 0.0490. The van der Waals surface area contributed by atoms with Crippen molar-refractivity contribution in [3.63, 3.8) is 0 Å². The van der Waals surface area contributed by atoms with Gasteiger partial charge in [-0.25, -0.2) is 19.3 Å². The lowest BCUT2D eigenvalue weighted by Crippen LogP contribution is -2.39. The zero-order chi connectivity index (χ0) is 19.7. The second-order valence-electron chi connectivity index (χ2n) is 6.81. The number of halogens is 1. The number of nitrogens with zero attached hydrogens (tertiary/aromatic N) is 4. The van der Waals surface area contributed by atoms with Crippen molar-refractivity contribution < 1.29 is 9.18 Å². The Morgan fingerprint density at radius 2 is 2.18 bits per heavy atom. The first-order chi connectivity index (χ1) is 13.5. The number of nitrogens with two attached hydrogens (primary N) is 1. The lowest BCUT2D eigenvalue weighted by Gasteiger charge is -2.36. The second-order valence-corrected chi connectivity index (χ2v) is 7.67. The minimum Gasteiger partial charge on any atom is -0.368 e. The molecule has 1 unspecified atom stereocenters. The van der Waals surface area contributed by atoms with Crippen molar-refractivity contribution in [1.29, 1.82) is 0 Å². The van der Waals surface area contributed by atoms with E-state index in [1.54, 1.807) is 17.8 Å². The molecule has 144 valence electrons. The molecule has 0 radical (unpaired) electrons. The molecule has 28 heavy (non-hydrogen) atoms. The second kappa shape index (κ2) is 7.63. The van der Waals surface area contributed by atoms with Crippen LogP contribution in [0.1, 0.15) is 46.4 Å². The summed E-state index contributed by atoms with van der Waals surface area (Å²) in [5.74, 6) is -0.244. The highest BCUT2D eigenvalue weighted by atomic mass is 32.1. The van der Waals surface area contributed by atoms with E-state index in [1.807, 2.05) is 17.9 Å². The highest BCUT2D eigenvalue weighted by Crippen LogP contribution is 2.37. The van der Waals surface area contributed by atoms with Crippen molar-refractivity contribution in [3.05, 3.63) is 58.1 Å². The maximum atomic E-state index is 13.8.